The van der Waals surface area contributed by atoms with Gasteiger partial charge in [0.1, 0.15) is 5.70 Å². The number of carbonyl (C=O) groups is 2. The van der Waals surface area contributed by atoms with Gasteiger partial charge in [-0.1, -0.05) is 70.4 Å². The van der Waals surface area contributed by atoms with E-state index in [9.17, 15) is 9.59 Å². The molecule has 0 aliphatic heterocycles. The van der Waals surface area contributed by atoms with Crippen molar-refractivity contribution in [3.05, 3.63) is 83.7 Å². The molecule has 3 aromatic rings. The van der Waals surface area contributed by atoms with Gasteiger partial charge in [-0.05, 0) is 50.1 Å². The maximum atomic E-state index is 13.2. The minimum atomic E-state index is -0.479. The van der Waals surface area contributed by atoms with E-state index in [1.165, 1.54) is 19.3 Å². The standard InChI is InChI=1S/C31H40N6O2/c1-5-8-9-10-13-21-37(20-6-2)31(39)24-18-16-23(17-19-24)26(7-3)33-28(22(4)32)30(38)34-29-25-14-11-12-15-27(25)35-36-29/h7,11-12,14-19H,3,5-6,8-10,13,20-21,32H2,1-2,4H3,(H2,34,35,36,38)/b28-22+,33-26?. The number of rotatable bonds is 14. The van der Waals surface area contributed by atoms with E-state index in [-0.39, 0.29) is 17.3 Å². The van der Waals surface area contributed by atoms with Gasteiger partial charge in [-0.15, -0.1) is 0 Å². The number of nitrogens with one attached hydrogen (secondary N) is 2. The summed E-state index contributed by atoms with van der Waals surface area (Å²) in [5, 5.41) is 10.7. The van der Waals surface area contributed by atoms with Gasteiger partial charge in [0, 0.05) is 35.3 Å². The topological polar surface area (TPSA) is 116 Å². The number of amides is 2. The molecule has 0 fully saturated rings. The normalized spacial score (nSPS) is 12.2. The van der Waals surface area contributed by atoms with Crippen molar-refractivity contribution < 1.29 is 9.59 Å². The summed E-state index contributed by atoms with van der Waals surface area (Å²) in [6, 6.07) is 14.7. The SMILES string of the molecule is C=CC(=N/C(C(=O)Nc1n[nH]c2ccccc12)=C(\C)N)c1ccc(C(=O)N(CCC)CCCCCCC)cc1. The average Bonchev–Trinajstić information content (AvgIpc) is 3.35. The molecule has 0 bridgehead atoms. The van der Waals surface area contributed by atoms with E-state index in [4.69, 9.17) is 5.73 Å². The van der Waals surface area contributed by atoms with E-state index in [2.05, 4.69) is 40.9 Å². The molecule has 206 valence electrons. The number of benzene rings is 2. The Morgan fingerprint density at radius 3 is 2.36 bits per heavy atom. The monoisotopic (exact) mass is 528 g/mol. The Morgan fingerprint density at radius 1 is 1.00 bits per heavy atom. The van der Waals surface area contributed by atoms with E-state index in [0.717, 1.165) is 48.8 Å². The van der Waals surface area contributed by atoms with Gasteiger partial charge < -0.3 is 16.0 Å². The van der Waals surface area contributed by atoms with Crippen molar-refractivity contribution in [3.63, 3.8) is 0 Å². The average molecular weight is 529 g/mol. The number of allylic oxidation sites excluding steroid dienone is 2. The first-order valence-electron chi connectivity index (χ1n) is 13.7. The molecule has 0 saturated heterocycles. The van der Waals surface area contributed by atoms with Crippen LogP contribution in [0.15, 0.2) is 77.6 Å². The van der Waals surface area contributed by atoms with Crippen LogP contribution in [0, 0.1) is 0 Å². The van der Waals surface area contributed by atoms with Crippen LogP contribution in [0.4, 0.5) is 5.82 Å². The molecule has 0 saturated carbocycles. The first kappa shape index (κ1) is 29.4. The summed E-state index contributed by atoms with van der Waals surface area (Å²) in [5.41, 5.74) is 9.00. The number of fused-ring (bicyclic) bond motifs is 1. The number of carbonyl (C=O) groups excluding carboxylic acids is 2. The number of anilines is 1. The number of hydrogen-bond donors (Lipinski definition) is 3. The molecule has 8 heteroatoms. The largest absolute Gasteiger partial charge is 0.400 e. The number of nitrogens with zero attached hydrogens (tertiary/aromatic N) is 3. The van der Waals surface area contributed by atoms with Gasteiger partial charge in [0.25, 0.3) is 11.8 Å². The highest BCUT2D eigenvalue weighted by Crippen LogP contribution is 2.21. The van der Waals surface area contributed by atoms with Crippen LogP contribution in [0.1, 0.15) is 75.2 Å². The maximum Gasteiger partial charge on any atom is 0.277 e. The molecule has 0 unspecified atom stereocenters. The van der Waals surface area contributed by atoms with E-state index >= 15 is 0 Å². The fourth-order valence-corrected chi connectivity index (χ4v) is 4.35. The second-order valence-electron chi connectivity index (χ2n) is 9.59. The molecule has 2 aromatic carbocycles. The molecule has 1 aromatic heterocycles. The van der Waals surface area contributed by atoms with Gasteiger partial charge >= 0.3 is 0 Å². The van der Waals surface area contributed by atoms with Crippen LogP contribution >= 0.6 is 0 Å². The van der Waals surface area contributed by atoms with Crippen LogP contribution in [-0.4, -0.2) is 45.7 Å². The Labute approximate surface area is 231 Å². The predicted molar refractivity (Wildman–Crippen MR) is 160 cm³/mol. The molecular weight excluding hydrogens is 488 g/mol. The summed E-state index contributed by atoms with van der Waals surface area (Å²) in [6.45, 7) is 11.3. The number of hydrogen-bond acceptors (Lipinski definition) is 5. The Balaban J connectivity index is 1.75. The fourth-order valence-electron chi connectivity index (χ4n) is 4.35. The fraction of sp³-hybridized carbons (Fsp3) is 0.355. The summed E-state index contributed by atoms with van der Waals surface area (Å²) in [4.78, 5) is 32.8. The molecule has 0 spiro atoms. The van der Waals surface area contributed by atoms with Crippen LogP contribution in [0.25, 0.3) is 10.9 Å². The Morgan fingerprint density at radius 2 is 1.69 bits per heavy atom. The summed E-state index contributed by atoms with van der Waals surface area (Å²) in [6.07, 6.45) is 8.28. The Hall–Kier alpha value is -4.20. The van der Waals surface area contributed by atoms with Crippen LogP contribution in [0.5, 0.6) is 0 Å². The first-order chi connectivity index (χ1) is 18.9. The second-order valence-corrected chi connectivity index (χ2v) is 9.59. The highest BCUT2D eigenvalue weighted by Gasteiger charge is 2.18. The van der Waals surface area contributed by atoms with E-state index in [1.807, 2.05) is 41.3 Å². The second kappa shape index (κ2) is 14.7. The lowest BCUT2D eigenvalue weighted by Crippen LogP contribution is -2.32. The Kier molecular flexibility index (Phi) is 11.0. The van der Waals surface area contributed by atoms with Gasteiger partial charge in [-0.3, -0.25) is 14.7 Å². The summed E-state index contributed by atoms with van der Waals surface area (Å²) in [5.74, 6) is -0.0536. The zero-order valence-corrected chi connectivity index (χ0v) is 23.3. The third kappa shape index (κ3) is 7.89. The molecule has 0 aliphatic rings. The number of nitrogens with two attached hydrogens (primary N) is 1. The highest BCUT2D eigenvalue weighted by atomic mass is 16.2. The lowest BCUT2D eigenvalue weighted by Gasteiger charge is -2.22. The van der Waals surface area contributed by atoms with E-state index < -0.39 is 5.91 Å². The van der Waals surface area contributed by atoms with Crippen molar-refractivity contribution in [2.45, 2.75) is 59.3 Å². The number of H-pyrrole nitrogens is 1. The molecule has 39 heavy (non-hydrogen) atoms. The predicted octanol–water partition coefficient (Wildman–Crippen LogP) is 6.19. The molecule has 3 rings (SSSR count). The van der Waals surface area contributed by atoms with Crippen molar-refractivity contribution in [2.24, 2.45) is 10.7 Å². The van der Waals surface area contributed by atoms with Crippen LogP contribution < -0.4 is 11.1 Å². The molecular formula is C31H40N6O2. The van der Waals surface area contributed by atoms with Gasteiger partial charge in [0.05, 0.1) is 11.2 Å². The molecule has 2 amide bonds. The number of aliphatic imine (C=N–C) groups is 1. The zero-order valence-electron chi connectivity index (χ0n) is 23.3. The molecule has 4 N–H and O–H groups in total. The molecule has 0 aliphatic carbocycles. The first-order valence-corrected chi connectivity index (χ1v) is 13.7. The number of unbranched alkanes of at least 4 members (excludes halogenated alkanes) is 4. The van der Waals surface area contributed by atoms with E-state index in [0.29, 0.717) is 17.1 Å². The number of para-hydroxylation sites is 1. The van der Waals surface area contributed by atoms with Gasteiger partial charge in [0.15, 0.2) is 5.82 Å². The van der Waals surface area contributed by atoms with Crippen molar-refractivity contribution in [2.75, 3.05) is 18.4 Å². The highest BCUT2D eigenvalue weighted by molar-refractivity contribution is 6.14. The summed E-state index contributed by atoms with van der Waals surface area (Å²) < 4.78 is 0. The minimum Gasteiger partial charge on any atom is -0.400 e. The maximum absolute atomic E-state index is 13.2. The van der Waals surface area contributed by atoms with E-state index in [1.54, 1.807) is 25.1 Å². The van der Waals surface area contributed by atoms with Crippen LogP contribution in [0.2, 0.25) is 0 Å². The minimum absolute atomic E-state index is 0.0278. The van der Waals surface area contributed by atoms with Crippen molar-refractivity contribution >= 4 is 34.2 Å². The third-order valence-electron chi connectivity index (χ3n) is 6.46. The van der Waals surface area contributed by atoms with Gasteiger partial charge in [-0.25, -0.2) is 4.99 Å². The van der Waals surface area contributed by atoms with Crippen LogP contribution in [-0.2, 0) is 4.79 Å². The van der Waals surface area contributed by atoms with Gasteiger partial charge in [-0.2, -0.15) is 5.10 Å². The molecule has 1 heterocycles. The third-order valence-corrected chi connectivity index (χ3v) is 6.46. The zero-order chi connectivity index (χ0) is 28.2. The van der Waals surface area contributed by atoms with Crippen molar-refractivity contribution in [3.8, 4) is 0 Å². The smallest absolute Gasteiger partial charge is 0.277 e. The molecule has 0 atom stereocenters. The Bertz CT molecular complexity index is 1330. The summed E-state index contributed by atoms with van der Waals surface area (Å²) in [7, 11) is 0. The van der Waals surface area contributed by atoms with Crippen LogP contribution in [0.3, 0.4) is 0 Å². The van der Waals surface area contributed by atoms with Gasteiger partial charge in [0.2, 0.25) is 0 Å². The quantitative estimate of drug-likeness (QED) is 0.131. The molecule has 0 radical (unpaired) electrons. The van der Waals surface area contributed by atoms with Crippen molar-refractivity contribution in [1.82, 2.24) is 15.1 Å². The lowest BCUT2D eigenvalue weighted by molar-refractivity contribution is -0.112. The summed E-state index contributed by atoms with van der Waals surface area (Å²) >= 11 is 0. The number of aromatic amines is 1. The number of aromatic nitrogens is 2. The lowest BCUT2D eigenvalue weighted by atomic mass is 10.1. The molecule has 8 nitrogen and oxygen atoms in total. The van der Waals surface area contributed by atoms with Crippen molar-refractivity contribution in [1.29, 1.82) is 0 Å².